The van der Waals surface area contributed by atoms with Gasteiger partial charge in [0.15, 0.2) is 0 Å². The molecule has 1 amide bonds. The van der Waals surface area contributed by atoms with Gasteiger partial charge in [-0.25, -0.2) is 0 Å². The number of hydrogen-bond donors (Lipinski definition) is 2. The quantitative estimate of drug-likeness (QED) is 0.734. The van der Waals surface area contributed by atoms with Gasteiger partial charge in [-0.3, -0.25) is 9.69 Å². The van der Waals surface area contributed by atoms with Crippen LogP contribution in [0.1, 0.15) is 49.7 Å². The molecule has 2 fully saturated rings. The minimum absolute atomic E-state index is 0. The van der Waals surface area contributed by atoms with Crippen molar-refractivity contribution in [3.63, 3.8) is 0 Å². The Morgan fingerprint density at radius 2 is 1.73 bits per heavy atom. The highest BCUT2D eigenvalue weighted by molar-refractivity contribution is 5.85. The van der Waals surface area contributed by atoms with Crippen LogP contribution in [0, 0.1) is 5.92 Å². The molecule has 2 aliphatic rings. The van der Waals surface area contributed by atoms with Gasteiger partial charge < -0.3 is 10.6 Å². The molecule has 0 saturated carbocycles. The molecule has 2 N–H and O–H groups in total. The van der Waals surface area contributed by atoms with Gasteiger partial charge in [0, 0.05) is 19.5 Å². The number of nitrogens with zero attached hydrogens (tertiary/aromatic N) is 1. The fourth-order valence-electron chi connectivity index (χ4n) is 3.85. The summed E-state index contributed by atoms with van der Waals surface area (Å²) >= 11 is 0. The number of halogens is 2. The third-order valence-electron chi connectivity index (χ3n) is 5.43. The molecule has 0 spiro atoms. The number of carbonyl (C=O) groups is 1. The normalized spacial score (nSPS) is 18.0. The van der Waals surface area contributed by atoms with Crippen molar-refractivity contribution in [2.45, 2.75) is 51.6 Å². The molecule has 0 aliphatic carbocycles. The van der Waals surface area contributed by atoms with Crippen LogP contribution in [0.4, 0.5) is 0 Å². The minimum Gasteiger partial charge on any atom is -0.352 e. The van der Waals surface area contributed by atoms with E-state index in [1.165, 1.54) is 49.9 Å². The van der Waals surface area contributed by atoms with Gasteiger partial charge in [0.2, 0.25) is 5.91 Å². The molecule has 2 saturated heterocycles. The Morgan fingerprint density at radius 3 is 2.42 bits per heavy atom. The van der Waals surface area contributed by atoms with Crippen LogP contribution in [0.15, 0.2) is 24.3 Å². The zero-order chi connectivity index (χ0) is 16.6. The number of piperidine rings is 1. The summed E-state index contributed by atoms with van der Waals surface area (Å²) in [7, 11) is 0. The SMILES string of the molecule is Cl.Cl.O=C(CCC1CCNCC1)NCc1ccccc1CN1CCCC1. The van der Waals surface area contributed by atoms with E-state index in [-0.39, 0.29) is 30.7 Å². The average molecular weight is 402 g/mol. The molecule has 148 valence electrons. The molecule has 0 aromatic heterocycles. The summed E-state index contributed by atoms with van der Waals surface area (Å²) in [4.78, 5) is 14.7. The topological polar surface area (TPSA) is 44.4 Å². The second-order valence-electron chi connectivity index (χ2n) is 7.26. The maximum absolute atomic E-state index is 12.2. The monoisotopic (exact) mass is 401 g/mol. The Kier molecular flexibility index (Phi) is 11.2. The molecular formula is C20H33Cl2N3O. The molecule has 2 aliphatic heterocycles. The van der Waals surface area contributed by atoms with E-state index in [1.807, 2.05) is 0 Å². The predicted molar refractivity (Wildman–Crippen MR) is 112 cm³/mol. The summed E-state index contributed by atoms with van der Waals surface area (Å²) in [5, 5.41) is 6.51. The Labute approximate surface area is 170 Å². The molecular weight excluding hydrogens is 369 g/mol. The van der Waals surface area contributed by atoms with Crippen LogP contribution >= 0.6 is 24.8 Å². The van der Waals surface area contributed by atoms with Gasteiger partial charge in [0.25, 0.3) is 0 Å². The maximum atomic E-state index is 12.2. The van der Waals surface area contributed by atoms with Gasteiger partial charge in [-0.15, -0.1) is 24.8 Å². The summed E-state index contributed by atoms with van der Waals surface area (Å²) in [6.07, 6.45) is 6.75. The lowest BCUT2D eigenvalue weighted by Gasteiger charge is -2.22. The molecule has 0 unspecified atom stereocenters. The Morgan fingerprint density at radius 1 is 1.08 bits per heavy atom. The first-order valence-electron chi connectivity index (χ1n) is 9.58. The van der Waals surface area contributed by atoms with Crippen molar-refractivity contribution >= 4 is 30.7 Å². The van der Waals surface area contributed by atoms with Crippen LogP contribution in [0.25, 0.3) is 0 Å². The lowest BCUT2D eigenvalue weighted by atomic mass is 9.93. The van der Waals surface area contributed by atoms with E-state index in [9.17, 15) is 4.79 Å². The number of hydrogen-bond acceptors (Lipinski definition) is 3. The van der Waals surface area contributed by atoms with Crippen molar-refractivity contribution in [1.82, 2.24) is 15.5 Å². The molecule has 1 aromatic rings. The first kappa shape index (κ1) is 23.2. The standard InChI is InChI=1S/C20H31N3O.2ClH/c24-20(8-7-17-9-11-21-12-10-17)22-15-18-5-1-2-6-19(18)16-23-13-3-4-14-23;;/h1-2,5-6,17,21H,3-4,7-16H2,(H,22,24);2*1H. The predicted octanol–water partition coefficient (Wildman–Crippen LogP) is 3.52. The fraction of sp³-hybridized carbons (Fsp3) is 0.650. The Balaban J connectivity index is 0.00000169. The summed E-state index contributed by atoms with van der Waals surface area (Å²) in [5.41, 5.74) is 2.62. The van der Waals surface area contributed by atoms with Gasteiger partial charge >= 0.3 is 0 Å². The lowest BCUT2D eigenvalue weighted by molar-refractivity contribution is -0.121. The smallest absolute Gasteiger partial charge is 0.220 e. The zero-order valence-electron chi connectivity index (χ0n) is 15.5. The lowest BCUT2D eigenvalue weighted by Crippen LogP contribution is -2.29. The number of likely N-dealkylation sites (tertiary alicyclic amines) is 1. The number of benzene rings is 1. The van der Waals surface area contributed by atoms with Gasteiger partial charge in [0.1, 0.15) is 0 Å². The van der Waals surface area contributed by atoms with E-state index >= 15 is 0 Å². The Hall–Kier alpha value is -0.810. The summed E-state index contributed by atoms with van der Waals surface area (Å²) in [5.74, 6) is 0.920. The fourth-order valence-corrected chi connectivity index (χ4v) is 3.85. The molecule has 2 heterocycles. The molecule has 6 heteroatoms. The highest BCUT2D eigenvalue weighted by Gasteiger charge is 2.16. The van der Waals surface area contributed by atoms with Crippen molar-refractivity contribution in [2.75, 3.05) is 26.2 Å². The van der Waals surface area contributed by atoms with E-state index in [4.69, 9.17) is 0 Å². The summed E-state index contributed by atoms with van der Waals surface area (Å²) in [6.45, 7) is 6.30. The van der Waals surface area contributed by atoms with Crippen molar-refractivity contribution in [3.8, 4) is 0 Å². The first-order chi connectivity index (χ1) is 11.8. The van der Waals surface area contributed by atoms with Crippen LogP contribution in [-0.4, -0.2) is 37.0 Å². The highest BCUT2D eigenvalue weighted by atomic mass is 35.5. The largest absolute Gasteiger partial charge is 0.352 e. The molecule has 3 rings (SSSR count). The maximum Gasteiger partial charge on any atom is 0.220 e. The van der Waals surface area contributed by atoms with Crippen LogP contribution in [0.2, 0.25) is 0 Å². The molecule has 4 nitrogen and oxygen atoms in total. The molecule has 0 atom stereocenters. The van der Waals surface area contributed by atoms with Crippen LogP contribution in [-0.2, 0) is 17.9 Å². The molecule has 1 aromatic carbocycles. The second kappa shape index (κ2) is 12.6. The van der Waals surface area contributed by atoms with Crippen LogP contribution in [0.5, 0.6) is 0 Å². The number of rotatable bonds is 7. The van der Waals surface area contributed by atoms with Crippen molar-refractivity contribution in [1.29, 1.82) is 0 Å². The van der Waals surface area contributed by atoms with Gasteiger partial charge in [-0.1, -0.05) is 24.3 Å². The van der Waals surface area contributed by atoms with Crippen molar-refractivity contribution in [3.05, 3.63) is 35.4 Å². The van der Waals surface area contributed by atoms with Gasteiger partial charge in [-0.2, -0.15) is 0 Å². The van der Waals surface area contributed by atoms with Crippen molar-refractivity contribution < 1.29 is 4.79 Å². The molecule has 0 bridgehead atoms. The highest BCUT2D eigenvalue weighted by Crippen LogP contribution is 2.18. The van der Waals surface area contributed by atoms with Gasteiger partial charge in [0.05, 0.1) is 0 Å². The third kappa shape index (κ3) is 7.43. The zero-order valence-corrected chi connectivity index (χ0v) is 17.2. The summed E-state index contributed by atoms with van der Waals surface area (Å²) in [6, 6.07) is 8.53. The number of nitrogens with one attached hydrogen (secondary N) is 2. The van der Waals surface area contributed by atoms with E-state index in [0.29, 0.717) is 13.0 Å². The molecule has 26 heavy (non-hydrogen) atoms. The van der Waals surface area contributed by atoms with E-state index in [0.717, 1.165) is 32.0 Å². The van der Waals surface area contributed by atoms with E-state index in [2.05, 4.69) is 39.8 Å². The summed E-state index contributed by atoms with van der Waals surface area (Å²) < 4.78 is 0. The average Bonchev–Trinajstić information content (AvgIpc) is 3.13. The number of carbonyl (C=O) groups excluding carboxylic acids is 1. The van der Waals surface area contributed by atoms with Crippen molar-refractivity contribution in [2.24, 2.45) is 5.92 Å². The first-order valence-corrected chi connectivity index (χ1v) is 9.58. The van der Waals surface area contributed by atoms with Crippen LogP contribution in [0.3, 0.4) is 0 Å². The van der Waals surface area contributed by atoms with E-state index < -0.39 is 0 Å². The minimum atomic E-state index is 0. The third-order valence-corrected chi connectivity index (χ3v) is 5.43. The number of amides is 1. The van der Waals surface area contributed by atoms with Gasteiger partial charge in [-0.05, 0) is 75.3 Å². The van der Waals surface area contributed by atoms with Crippen LogP contribution < -0.4 is 10.6 Å². The van der Waals surface area contributed by atoms with E-state index in [1.54, 1.807) is 0 Å². The Bertz CT molecular complexity index is 530. The second-order valence-corrected chi connectivity index (χ2v) is 7.26. The molecule has 0 radical (unpaired) electrons.